The van der Waals surface area contributed by atoms with Crippen molar-refractivity contribution in [2.45, 2.75) is 0 Å². The lowest BCUT2D eigenvalue weighted by molar-refractivity contribution is -0.384. The molecule has 0 aliphatic carbocycles. The fourth-order valence-corrected chi connectivity index (χ4v) is 2.37. The summed E-state index contributed by atoms with van der Waals surface area (Å²) in [5.74, 6) is 0.183. The molecule has 0 saturated heterocycles. The number of rotatable bonds is 6. The van der Waals surface area contributed by atoms with Crippen LogP contribution in [0.4, 0.5) is 5.69 Å². The van der Waals surface area contributed by atoms with Crippen LogP contribution < -0.4 is 10.2 Å². The number of nitrogens with zero attached hydrogens (tertiary/aromatic N) is 3. The average molecular weight is 365 g/mol. The molecule has 27 heavy (non-hydrogen) atoms. The molecule has 9 heteroatoms. The van der Waals surface area contributed by atoms with Crippen LogP contribution in [0.2, 0.25) is 0 Å². The van der Waals surface area contributed by atoms with E-state index in [2.05, 4.69) is 20.7 Å². The molecule has 0 unspecified atom stereocenters. The van der Waals surface area contributed by atoms with E-state index in [1.54, 1.807) is 13.3 Å². The molecule has 3 rings (SSSR count). The van der Waals surface area contributed by atoms with Crippen molar-refractivity contribution in [3.8, 4) is 17.0 Å². The number of amides is 1. The number of hydrogen-bond donors (Lipinski definition) is 2. The van der Waals surface area contributed by atoms with Crippen molar-refractivity contribution in [2.75, 3.05) is 7.11 Å². The van der Waals surface area contributed by atoms with Crippen molar-refractivity contribution >= 4 is 17.8 Å². The number of benzene rings is 2. The second kappa shape index (κ2) is 7.91. The van der Waals surface area contributed by atoms with Crippen molar-refractivity contribution < 1.29 is 14.5 Å². The normalized spacial score (nSPS) is 10.7. The summed E-state index contributed by atoms with van der Waals surface area (Å²) in [6.45, 7) is 0. The Hall–Kier alpha value is -4.01. The van der Waals surface area contributed by atoms with Crippen LogP contribution in [0.1, 0.15) is 15.9 Å². The monoisotopic (exact) mass is 365 g/mol. The zero-order chi connectivity index (χ0) is 19.2. The van der Waals surface area contributed by atoms with E-state index < -0.39 is 10.8 Å². The number of non-ortho nitro benzene ring substituents is 1. The minimum Gasteiger partial charge on any atom is -0.497 e. The highest BCUT2D eigenvalue weighted by Crippen LogP contribution is 2.22. The first kappa shape index (κ1) is 17.8. The summed E-state index contributed by atoms with van der Waals surface area (Å²) < 4.78 is 5.13. The zero-order valence-corrected chi connectivity index (χ0v) is 14.2. The number of aromatic nitrogens is 2. The standard InChI is InChI=1S/C18H15N5O4/c1-27-16-7-5-12(6-8-16)17-14(10-19-21-17)11-20-22-18(24)13-3-2-4-15(9-13)23(25)26/h2-11H,1H3,(H,19,21)(H,22,24). The molecule has 2 aromatic carbocycles. The summed E-state index contributed by atoms with van der Waals surface area (Å²) in [4.78, 5) is 22.3. The Bertz CT molecular complexity index is 995. The predicted molar refractivity (Wildman–Crippen MR) is 98.7 cm³/mol. The summed E-state index contributed by atoms with van der Waals surface area (Å²) in [6, 6.07) is 12.8. The van der Waals surface area contributed by atoms with E-state index in [-0.39, 0.29) is 11.3 Å². The smallest absolute Gasteiger partial charge is 0.271 e. The van der Waals surface area contributed by atoms with E-state index in [4.69, 9.17) is 4.74 Å². The molecule has 1 amide bonds. The Balaban J connectivity index is 1.72. The van der Waals surface area contributed by atoms with Gasteiger partial charge in [-0.15, -0.1) is 0 Å². The van der Waals surface area contributed by atoms with Gasteiger partial charge in [0.05, 0.1) is 30.1 Å². The van der Waals surface area contributed by atoms with Crippen molar-refractivity contribution in [3.05, 3.63) is 76.0 Å². The number of H-pyrrole nitrogens is 1. The maximum atomic E-state index is 12.1. The molecule has 0 aliphatic heterocycles. The highest BCUT2D eigenvalue weighted by atomic mass is 16.6. The minimum atomic E-state index is -0.563. The number of nitro groups is 1. The van der Waals surface area contributed by atoms with Crippen molar-refractivity contribution in [2.24, 2.45) is 5.10 Å². The Labute approximate surface area is 153 Å². The molecule has 9 nitrogen and oxygen atoms in total. The number of hydrazone groups is 1. The second-order valence-electron chi connectivity index (χ2n) is 5.44. The van der Waals surface area contributed by atoms with Gasteiger partial charge in [0.25, 0.3) is 11.6 Å². The van der Waals surface area contributed by atoms with Gasteiger partial charge >= 0.3 is 0 Å². The van der Waals surface area contributed by atoms with Crippen molar-refractivity contribution in [1.82, 2.24) is 15.6 Å². The third-order valence-corrected chi connectivity index (χ3v) is 3.74. The highest BCUT2D eigenvalue weighted by Gasteiger charge is 2.11. The van der Waals surface area contributed by atoms with E-state index in [1.165, 1.54) is 30.5 Å². The summed E-state index contributed by atoms with van der Waals surface area (Å²) in [6.07, 6.45) is 3.01. The lowest BCUT2D eigenvalue weighted by atomic mass is 10.1. The Morgan fingerprint density at radius 1 is 1.30 bits per heavy atom. The number of ether oxygens (including phenoxy) is 1. The number of aromatic amines is 1. The highest BCUT2D eigenvalue weighted by molar-refractivity contribution is 5.96. The fraction of sp³-hybridized carbons (Fsp3) is 0.0556. The van der Waals surface area contributed by atoms with Crippen LogP contribution in [0.5, 0.6) is 5.75 Å². The van der Waals surface area contributed by atoms with Gasteiger partial charge in [-0.3, -0.25) is 20.0 Å². The van der Waals surface area contributed by atoms with Gasteiger partial charge in [-0.25, -0.2) is 5.43 Å². The number of carbonyl (C=O) groups excluding carboxylic acids is 1. The summed E-state index contributed by atoms with van der Waals surface area (Å²) in [5.41, 5.74) is 4.59. The van der Waals surface area contributed by atoms with Crippen LogP contribution in [0.15, 0.2) is 59.8 Å². The molecule has 3 aromatic rings. The average Bonchev–Trinajstić information content (AvgIpc) is 3.16. The molecule has 2 N–H and O–H groups in total. The lowest BCUT2D eigenvalue weighted by Gasteiger charge is -2.03. The molecule has 1 aromatic heterocycles. The van der Waals surface area contributed by atoms with Crippen molar-refractivity contribution in [1.29, 1.82) is 0 Å². The van der Waals surface area contributed by atoms with Gasteiger partial charge in [-0.05, 0) is 30.3 Å². The molecule has 1 heterocycles. The van der Waals surface area contributed by atoms with Crippen LogP contribution in [-0.2, 0) is 0 Å². The fourth-order valence-electron chi connectivity index (χ4n) is 2.37. The third kappa shape index (κ3) is 4.15. The first-order valence-corrected chi connectivity index (χ1v) is 7.84. The molecule has 0 bridgehead atoms. The number of carbonyl (C=O) groups is 1. The first-order valence-electron chi connectivity index (χ1n) is 7.84. The molecule has 0 fully saturated rings. The molecular formula is C18H15N5O4. The van der Waals surface area contributed by atoms with Gasteiger partial charge in [0.2, 0.25) is 0 Å². The quantitative estimate of drug-likeness (QED) is 0.395. The minimum absolute atomic E-state index is 0.143. The summed E-state index contributed by atoms with van der Waals surface area (Å²) in [5, 5.41) is 21.6. The van der Waals surface area contributed by atoms with Crippen molar-refractivity contribution in [3.63, 3.8) is 0 Å². The van der Waals surface area contributed by atoms with Gasteiger partial charge in [0.1, 0.15) is 5.75 Å². The van der Waals surface area contributed by atoms with E-state index in [1.807, 2.05) is 24.3 Å². The van der Waals surface area contributed by atoms with E-state index in [9.17, 15) is 14.9 Å². The molecule has 0 atom stereocenters. The number of nitrogens with one attached hydrogen (secondary N) is 2. The van der Waals surface area contributed by atoms with E-state index in [0.717, 1.165) is 17.0 Å². The largest absolute Gasteiger partial charge is 0.497 e. The number of methoxy groups -OCH3 is 1. The van der Waals surface area contributed by atoms with Crippen LogP contribution in [0.25, 0.3) is 11.3 Å². The topological polar surface area (TPSA) is 123 Å². The second-order valence-corrected chi connectivity index (χ2v) is 5.44. The van der Waals surface area contributed by atoms with E-state index in [0.29, 0.717) is 5.56 Å². The number of hydrogen-bond acceptors (Lipinski definition) is 6. The third-order valence-electron chi connectivity index (χ3n) is 3.74. The maximum absolute atomic E-state index is 12.1. The zero-order valence-electron chi connectivity index (χ0n) is 14.2. The van der Waals surface area contributed by atoms with Crippen LogP contribution in [-0.4, -0.2) is 34.4 Å². The summed E-state index contributed by atoms with van der Waals surface area (Å²) >= 11 is 0. The molecule has 0 spiro atoms. The molecular weight excluding hydrogens is 350 g/mol. The van der Waals surface area contributed by atoms with Gasteiger partial charge in [-0.2, -0.15) is 10.2 Å². The summed E-state index contributed by atoms with van der Waals surface area (Å²) in [7, 11) is 1.59. The van der Waals surface area contributed by atoms with Gasteiger partial charge in [0, 0.05) is 28.8 Å². The van der Waals surface area contributed by atoms with E-state index >= 15 is 0 Å². The Morgan fingerprint density at radius 3 is 2.78 bits per heavy atom. The number of nitro benzene ring substituents is 1. The predicted octanol–water partition coefficient (Wildman–Crippen LogP) is 2.76. The lowest BCUT2D eigenvalue weighted by Crippen LogP contribution is -2.17. The van der Waals surface area contributed by atoms with Gasteiger partial charge < -0.3 is 4.74 Å². The van der Waals surface area contributed by atoms with Crippen LogP contribution >= 0.6 is 0 Å². The van der Waals surface area contributed by atoms with Gasteiger partial charge in [-0.1, -0.05) is 6.07 Å². The SMILES string of the molecule is COc1ccc(-c2[nH]ncc2C=NNC(=O)c2cccc([N+](=O)[O-])c2)cc1. The molecule has 0 radical (unpaired) electrons. The first-order chi connectivity index (χ1) is 13.1. The van der Waals surface area contributed by atoms with Crippen LogP contribution in [0, 0.1) is 10.1 Å². The van der Waals surface area contributed by atoms with Gasteiger partial charge in [0.15, 0.2) is 0 Å². The Morgan fingerprint density at radius 2 is 2.07 bits per heavy atom. The molecule has 0 saturated carbocycles. The Kier molecular flexibility index (Phi) is 5.22. The van der Waals surface area contributed by atoms with Crippen LogP contribution in [0.3, 0.4) is 0 Å². The molecule has 136 valence electrons. The molecule has 0 aliphatic rings. The maximum Gasteiger partial charge on any atom is 0.271 e.